The molecule has 3 nitrogen and oxygen atoms in total. The van der Waals surface area contributed by atoms with Crippen molar-refractivity contribution in [1.82, 2.24) is 10.6 Å². The first-order valence-electron chi connectivity index (χ1n) is 5.90. The van der Waals surface area contributed by atoms with Crippen molar-refractivity contribution in [2.24, 2.45) is 0 Å². The number of carbonyl (C=O) groups excluding carboxylic acids is 1. The number of piperidine rings is 1. The van der Waals surface area contributed by atoms with Gasteiger partial charge in [0.15, 0.2) is 0 Å². The maximum absolute atomic E-state index is 11.0. The number of benzene rings is 1. The minimum Gasteiger partial charge on any atom is -0.355 e. The molecule has 0 radical (unpaired) electrons. The molecule has 2 rings (SSSR count). The van der Waals surface area contributed by atoms with Crippen molar-refractivity contribution in [3.05, 3.63) is 33.8 Å². The standard InChI is InChI=1S/C13H17BrN2O/c1-9-2-3-10(12(14)6-9)7-15-11-4-5-13(17)16-8-11/h2-3,6,11,15H,4-5,7-8H2,1H3,(H,16,17). The fourth-order valence-electron chi connectivity index (χ4n) is 1.96. The zero-order valence-corrected chi connectivity index (χ0v) is 11.5. The molecule has 92 valence electrons. The highest BCUT2D eigenvalue weighted by Gasteiger charge is 2.17. The average molecular weight is 297 g/mol. The molecule has 4 heteroatoms. The summed E-state index contributed by atoms with van der Waals surface area (Å²) in [4.78, 5) is 11.0. The fourth-order valence-corrected chi connectivity index (χ4v) is 2.59. The highest BCUT2D eigenvalue weighted by Crippen LogP contribution is 2.18. The van der Waals surface area contributed by atoms with Crippen molar-refractivity contribution in [1.29, 1.82) is 0 Å². The number of hydrogen-bond acceptors (Lipinski definition) is 2. The molecule has 1 atom stereocenters. The van der Waals surface area contributed by atoms with E-state index in [1.165, 1.54) is 11.1 Å². The third-order valence-corrected chi connectivity index (χ3v) is 3.79. The summed E-state index contributed by atoms with van der Waals surface area (Å²) in [5.74, 6) is 0.166. The molecule has 0 aliphatic carbocycles. The van der Waals surface area contributed by atoms with Gasteiger partial charge in [-0.15, -0.1) is 0 Å². The van der Waals surface area contributed by atoms with Gasteiger partial charge in [0.1, 0.15) is 0 Å². The van der Waals surface area contributed by atoms with Crippen molar-refractivity contribution in [2.75, 3.05) is 6.54 Å². The molecule has 0 aromatic heterocycles. The van der Waals surface area contributed by atoms with Crippen LogP contribution in [0.2, 0.25) is 0 Å². The molecule has 1 amide bonds. The number of rotatable bonds is 3. The Balaban J connectivity index is 1.87. The van der Waals surface area contributed by atoms with Gasteiger partial charge in [0.05, 0.1) is 0 Å². The van der Waals surface area contributed by atoms with Crippen LogP contribution in [0.25, 0.3) is 0 Å². The zero-order valence-electron chi connectivity index (χ0n) is 9.92. The maximum Gasteiger partial charge on any atom is 0.220 e. The molecule has 1 aliphatic rings. The zero-order chi connectivity index (χ0) is 12.3. The van der Waals surface area contributed by atoms with E-state index < -0.39 is 0 Å². The van der Waals surface area contributed by atoms with Gasteiger partial charge in [0.2, 0.25) is 5.91 Å². The maximum atomic E-state index is 11.0. The van der Waals surface area contributed by atoms with E-state index in [-0.39, 0.29) is 5.91 Å². The quantitative estimate of drug-likeness (QED) is 0.897. The number of nitrogens with one attached hydrogen (secondary N) is 2. The number of carbonyl (C=O) groups is 1. The monoisotopic (exact) mass is 296 g/mol. The summed E-state index contributed by atoms with van der Waals surface area (Å²) in [7, 11) is 0. The van der Waals surface area contributed by atoms with E-state index in [1.54, 1.807) is 0 Å². The van der Waals surface area contributed by atoms with Crippen LogP contribution < -0.4 is 10.6 Å². The van der Waals surface area contributed by atoms with Gasteiger partial charge < -0.3 is 10.6 Å². The first-order valence-corrected chi connectivity index (χ1v) is 6.69. The molecule has 1 aromatic carbocycles. The van der Waals surface area contributed by atoms with E-state index in [2.05, 4.69) is 51.7 Å². The highest BCUT2D eigenvalue weighted by molar-refractivity contribution is 9.10. The second-order valence-corrected chi connectivity index (χ2v) is 5.37. The fraction of sp³-hybridized carbons (Fsp3) is 0.462. The van der Waals surface area contributed by atoms with Crippen LogP contribution in [0.15, 0.2) is 22.7 Å². The molecular weight excluding hydrogens is 280 g/mol. The lowest BCUT2D eigenvalue weighted by molar-refractivity contribution is -0.122. The third kappa shape index (κ3) is 3.54. The van der Waals surface area contributed by atoms with E-state index in [0.717, 1.165) is 24.0 Å². The van der Waals surface area contributed by atoms with Crippen molar-refractivity contribution < 1.29 is 4.79 Å². The van der Waals surface area contributed by atoms with Crippen LogP contribution in [0, 0.1) is 6.92 Å². The lowest BCUT2D eigenvalue weighted by Crippen LogP contribution is -2.45. The normalized spacial score (nSPS) is 20.1. The summed E-state index contributed by atoms with van der Waals surface area (Å²) in [5.41, 5.74) is 2.51. The largest absolute Gasteiger partial charge is 0.355 e. The van der Waals surface area contributed by atoms with Crippen LogP contribution in [0.5, 0.6) is 0 Å². The Morgan fingerprint density at radius 2 is 2.35 bits per heavy atom. The van der Waals surface area contributed by atoms with Gasteiger partial charge in [-0.2, -0.15) is 0 Å². The number of aryl methyl sites for hydroxylation is 1. The van der Waals surface area contributed by atoms with Crippen LogP contribution in [0.3, 0.4) is 0 Å². The van der Waals surface area contributed by atoms with Crippen LogP contribution in [0.4, 0.5) is 0 Å². The van der Waals surface area contributed by atoms with Crippen molar-refractivity contribution >= 4 is 21.8 Å². The van der Waals surface area contributed by atoms with E-state index in [1.807, 2.05) is 0 Å². The molecule has 1 aliphatic heterocycles. The predicted molar refractivity (Wildman–Crippen MR) is 71.8 cm³/mol. The molecule has 1 aromatic rings. The molecule has 0 saturated carbocycles. The smallest absolute Gasteiger partial charge is 0.220 e. The van der Waals surface area contributed by atoms with E-state index in [4.69, 9.17) is 0 Å². The Bertz CT molecular complexity index is 410. The molecule has 1 heterocycles. The van der Waals surface area contributed by atoms with Crippen LogP contribution in [-0.2, 0) is 11.3 Å². The van der Waals surface area contributed by atoms with Gasteiger partial charge in [0, 0.05) is 30.0 Å². The summed E-state index contributed by atoms with van der Waals surface area (Å²) < 4.78 is 1.14. The topological polar surface area (TPSA) is 41.1 Å². The summed E-state index contributed by atoms with van der Waals surface area (Å²) >= 11 is 3.57. The van der Waals surface area contributed by atoms with E-state index >= 15 is 0 Å². The van der Waals surface area contributed by atoms with Gasteiger partial charge in [-0.25, -0.2) is 0 Å². The molecule has 1 fully saturated rings. The number of amides is 1. The van der Waals surface area contributed by atoms with E-state index in [0.29, 0.717) is 12.5 Å². The molecule has 1 unspecified atom stereocenters. The summed E-state index contributed by atoms with van der Waals surface area (Å²) in [6.45, 7) is 3.66. The van der Waals surface area contributed by atoms with Crippen molar-refractivity contribution in [3.8, 4) is 0 Å². The van der Waals surface area contributed by atoms with E-state index in [9.17, 15) is 4.79 Å². The summed E-state index contributed by atoms with van der Waals surface area (Å²) in [6, 6.07) is 6.76. The van der Waals surface area contributed by atoms with Crippen LogP contribution in [0.1, 0.15) is 24.0 Å². The third-order valence-electron chi connectivity index (χ3n) is 3.06. The Hall–Kier alpha value is -0.870. The Morgan fingerprint density at radius 3 is 3.00 bits per heavy atom. The molecule has 2 N–H and O–H groups in total. The summed E-state index contributed by atoms with van der Waals surface area (Å²) in [5, 5.41) is 6.35. The Morgan fingerprint density at radius 1 is 1.53 bits per heavy atom. The minimum atomic E-state index is 0.166. The van der Waals surface area contributed by atoms with Gasteiger partial charge in [-0.1, -0.05) is 28.1 Å². The second-order valence-electron chi connectivity index (χ2n) is 4.52. The van der Waals surface area contributed by atoms with Gasteiger partial charge in [-0.3, -0.25) is 4.79 Å². The van der Waals surface area contributed by atoms with Gasteiger partial charge in [-0.05, 0) is 30.5 Å². The summed E-state index contributed by atoms with van der Waals surface area (Å²) in [6.07, 6.45) is 1.56. The van der Waals surface area contributed by atoms with Gasteiger partial charge >= 0.3 is 0 Å². The Kier molecular flexibility index (Phi) is 4.18. The Labute approximate surface area is 110 Å². The minimum absolute atomic E-state index is 0.166. The first kappa shape index (κ1) is 12.6. The average Bonchev–Trinajstić information content (AvgIpc) is 2.30. The number of halogens is 1. The van der Waals surface area contributed by atoms with Crippen molar-refractivity contribution in [2.45, 2.75) is 32.4 Å². The number of hydrogen-bond donors (Lipinski definition) is 2. The molecule has 1 saturated heterocycles. The predicted octanol–water partition coefficient (Wildman–Crippen LogP) is 2.13. The lowest BCUT2D eigenvalue weighted by Gasteiger charge is -2.23. The highest BCUT2D eigenvalue weighted by atomic mass is 79.9. The molecule has 0 bridgehead atoms. The second kappa shape index (κ2) is 5.65. The molecule has 17 heavy (non-hydrogen) atoms. The molecule has 0 spiro atoms. The van der Waals surface area contributed by atoms with Gasteiger partial charge in [0.25, 0.3) is 0 Å². The van der Waals surface area contributed by atoms with Crippen LogP contribution >= 0.6 is 15.9 Å². The lowest BCUT2D eigenvalue weighted by atomic mass is 10.1. The molecular formula is C13H17BrN2O. The van der Waals surface area contributed by atoms with Crippen LogP contribution in [-0.4, -0.2) is 18.5 Å². The first-order chi connectivity index (χ1) is 8.15. The SMILES string of the molecule is Cc1ccc(CNC2CCC(=O)NC2)c(Br)c1. The van der Waals surface area contributed by atoms with Crippen molar-refractivity contribution in [3.63, 3.8) is 0 Å².